The molecule has 4 rings (SSSR count). The van der Waals surface area contributed by atoms with Gasteiger partial charge in [0.15, 0.2) is 0 Å². The molecule has 9 heteroatoms. The number of alkyl halides is 3. The molecule has 1 N–H and O–H groups in total. The molecule has 3 aromatic heterocycles. The molecule has 1 fully saturated rings. The smallest absolute Gasteiger partial charge is 0.433 e. The molecule has 1 aliphatic rings. The molecule has 26 heavy (non-hydrogen) atoms. The van der Waals surface area contributed by atoms with Gasteiger partial charge >= 0.3 is 6.18 Å². The first-order valence-corrected chi connectivity index (χ1v) is 8.23. The summed E-state index contributed by atoms with van der Waals surface area (Å²) in [6, 6.07) is 4.70. The van der Waals surface area contributed by atoms with Gasteiger partial charge in [-0.3, -0.25) is 0 Å². The number of halogens is 3. The number of rotatable bonds is 3. The molecule has 4 heterocycles. The molecule has 6 nitrogen and oxygen atoms in total. The molecule has 0 bridgehead atoms. The van der Waals surface area contributed by atoms with Crippen molar-refractivity contribution < 1.29 is 17.6 Å². The van der Waals surface area contributed by atoms with Crippen LogP contribution in [0, 0.1) is 0 Å². The van der Waals surface area contributed by atoms with Crippen LogP contribution < -0.4 is 10.2 Å². The van der Waals surface area contributed by atoms with Gasteiger partial charge in [-0.2, -0.15) is 13.2 Å². The van der Waals surface area contributed by atoms with Crippen molar-refractivity contribution in [2.75, 3.05) is 23.3 Å². The number of furan rings is 1. The van der Waals surface area contributed by atoms with E-state index in [0.717, 1.165) is 55.1 Å². The Balaban J connectivity index is 1.42. The zero-order valence-electron chi connectivity index (χ0n) is 13.7. The minimum atomic E-state index is -4.47. The van der Waals surface area contributed by atoms with E-state index >= 15 is 0 Å². The fourth-order valence-corrected chi connectivity index (χ4v) is 3.17. The van der Waals surface area contributed by atoms with E-state index in [0.29, 0.717) is 0 Å². The summed E-state index contributed by atoms with van der Waals surface area (Å²) in [6.45, 7) is 1.48. The molecule has 1 aliphatic heterocycles. The summed E-state index contributed by atoms with van der Waals surface area (Å²) in [6.07, 6.45) is 1.34. The number of nitrogens with zero attached hydrogens (tertiary/aromatic N) is 4. The third kappa shape index (κ3) is 3.29. The molecule has 0 unspecified atom stereocenters. The molecular weight excluding hydrogens is 347 g/mol. The number of aromatic nitrogens is 3. The highest BCUT2D eigenvalue weighted by atomic mass is 19.4. The van der Waals surface area contributed by atoms with Gasteiger partial charge in [-0.25, -0.2) is 15.0 Å². The minimum Gasteiger partial charge on any atom is -0.464 e. The van der Waals surface area contributed by atoms with Gasteiger partial charge in [0.2, 0.25) is 0 Å². The number of hydrogen-bond acceptors (Lipinski definition) is 6. The Kier molecular flexibility index (Phi) is 4.14. The van der Waals surface area contributed by atoms with Crippen molar-refractivity contribution in [1.29, 1.82) is 0 Å². The van der Waals surface area contributed by atoms with Crippen LogP contribution in [0.15, 0.2) is 41.4 Å². The Bertz CT molecular complexity index is 903. The maximum atomic E-state index is 12.7. The topological polar surface area (TPSA) is 67.1 Å². The van der Waals surface area contributed by atoms with Crippen LogP contribution in [0.4, 0.5) is 24.8 Å². The average molecular weight is 363 g/mol. The number of fused-ring (bicyclic) bond motifs is 1. The van der Waals surface area contributed by atoms with Gasteiger partial charge in [-0.1, -0.05) is 0 Å². The van der Waals surface area contributed by atoms with E-state index in [2.05, 4.69) is 25.2 Å². The van der Waals surface area contributed by atoms with Crippen LogP contribution in [-0.4, -0.2) is 34.1 Å². The van der Waals surface area contributed by atoms with Crippen molar-refractivity contribution in [1.82, 2.24) is 15.0 Å². The number of piperidine rings is 1. The summed E-state index contributed by atoms with van der Waals surface area (Å²) in [7, 11) is 0. The normalized spacial score (nSPS) is 16.2. The van der Waals surface area contributed by atoms with E-state index in [1.54, 1.807) is 12.5 Å². The Hall–Kier alpha value is -2.84. The second-order valence-electron chi connectivity index (χ2n) is 6.16. The lowest BCUT2D eigenvalue weighted by atomic mass is 10.0. The minimum absolute atomic E-state index is 0.0470. The molecule has 0 atom stereocenters. The quantitative estimate of drug-likeness (QED) is 0.765. The first-order chi connectivity index (χ1) is 12.5. The fraction of sp³-hybridized carbons (Fsp3) is 0.353. The van der Waals surface area contributed by atoms with Gasteiger partial charge in [0, 0.05) is 31.4 Å². The third-order valence-electron chi connectivity index (χ3n) is 4.46. The van der Waals surface area contributed by atoms with Crippen LogP contribution in [0.3, 0.4) is 0 Å². The Labute approximate surface area is 147 Å². The predicted molar refractivity (Wildman–Crippen MR) is 89.9 cm³/mol. The lowest BCUT2D eigenvalue weighted by molar-refractivity contribution is -0.141. The van der Waals surface area contributed by atoms with Gasteiger partial charge in [0.05, 0.1) is 11.6 Å². The molecular formula is C17H16F3N5O. The molecule has 0 saturated carbocycles. The summed E-state index contributed by atoms with van der Waals surface area (Å²) < 4.78 is 43.6. The lowest BCUT2D eigenvalue weighted by Gasteiger charge is -2.33. The van der Waals surface area contributed by atoms with E-state index in [-0.39, 0.29) is 11.9 Å². The molecule has 3 aromatic rings. The van der Waals surface area contributed by atoms with Crippen LogP contribution in [-0.2, 0) is 6.18 Å². The van der Waals surface area contributed by atoms with Crippen LogP contribution in [0.5, 0.6) is 0 Å². The maximum Gasteiger partial charge on any atom is 0.433 e. The summed E-state index contributed by atoms with van der Waals surface area (Å²) in [4.78, 5) is 13.8. The predicted octanol–water partition coefficient (Wildman–Crippen LogP) is 3.72. The fourth-order valence-electron chi connectivity index (χ4n) is 3.17. The standard InChI is InChI=1S/C17H16F3N5O/c18-17(19,20)14-9-15(23-10-22-14)24-11-2-6-25(7-3-11)16-12-4-8-26-13(12)1-5-21-16/h1,4-5,8-11H,2-3,6-7H2,(H,22,23,24). The van der Waals surface area contributed by atoms with Gasteiger partial charge in [0.25, 0.3) is 0 Å². The summed E-state index contributed by atoms with van der Waals surface area (Å²) >= 11 is 0. The largest absolute Gasteiger partial charge is 0.464 e. The number of nitrogens with one attached hydrogen (secondary N) is 1. The maximum absolute atomic E-state index is 12.7. The molecule has 0 radical (unpaired) electrons. The SMILES string of the molecule is FC(F)(F)c1cc(NC2CCN(c3nccc4occc34)CC2)ncn1. The molecule has 0 amide bonds. The molecule has 0 aliphatic carbocycles. The van der Waals surface area contributed by atoms with Gasteiger partial charge in [0.1, 0.15) is 29.2 Å². The van der Waals surface area contributed by atoms with E-state index in [4.69, 9.17) is 4.42 Å². The van der Waals surface area contributed by atoms with E-state index < -0.39 is 11.9 Å². The Morgan fingerprint density at radius 3 is 2.69 bits per heavy atom. The van der Waals surface area contributed by atoms with Gasteiger partial charge < -0.3 is 14.6 Å². The molecule has 136 valence electrons. The van der Waals surface area contributed by atoms with Crippen molar-refractivity contribution in [2.24, 2.45) is 0 Å². The highest BCUT2D eigenvalue weighted by molar-refractivity contribution is 5.88. The van der Waals surface area contributed by atoms with Gasteiger partial charge in [-0.15, -0.1) is 0 Å². The van der Waals surface area contributed by atoms with Gasteiger partial charge in [-0.05, 0) is 25.0 Å². The Morgan fingerprint density at radius 2 is 1.92 bits per heavy atom. The monoisotopic (exact) mass is 363 g/mol. The lowest BCUT2D eigenvalue weighted by Crippen LogP contribution is -2.39. The molecule has 0 spiro atoms. The highest BCUT2D eigenvalue weighted by Gasteiger charge is 2.33. The summed E-state index contributed by atoms with van der Waals surface area (Å²) in [5, 5.41) is 4.04. The average Bonchev–Trinajstić information content (AvgIpc) is 3.11. The van der Waals surface area contributed by atoms with Crippen LogP contribution in [0.25, 0.3) is 11.0 Å². The van der Waals surface area contributed by atoms with Crippen molar-refractivity contribution in [3.8, 4) is 0 Å². The number of anilines is 2. The Morgan fingerprint density at radius 1 is 1.12 bits per heavy atom. The number of hydrogen-bond donors (Lipinski definition) is 1. The van der Waals surface area contributed by atoms with E-state index in [1.807, 2.05) is 12.1 Å². The highest BCUT2D eigenvalue weighted by Crippen LogP contribution is 2.30. The zero-order chi connectivity index (χ0) is 18.1. The molecule has 1 saturated heterocycles. The summed E-state index contributed by atoms with van der Waals surface area (Å²) in [5.41, 5.74) is -0.154. The van der Waals surface area contributed by atoms with Crippen molar-refractivity contribution in [2.45, 2.75) is 25.1 Å². The van der Waals surface area contributed by atoms with Crippen LogP contribution >= 0.6 is 0 Å². The van der Waals surface area contributed by atoms with E-state index in [9.17, 15) is 13.2 Å². The van der Waals surface area contributed by atoms with Crippen LogP contribution in [0.1, 0.15) is 18.5 Å². The zero-order valence-corrected chi connectivity index (χ0v) is 13.7. The third-order valence-corrected chi connectivity index (χ3v) is 4.46. The number of pyridine rings is 1. The van der Waals surface area contributed by atoms with E-state index in [1.165, 1.54) is 0 Å². The molecule has 0 aromatic carbocycles. The van der Waals surface area contributed by atoms with Crippen molar-refractivity contribution in [3.05, 3.63) is 42.7 Å². The summed E-state index contributed by atoms with van der Waals surface area (Å²) in [5.74, 6) is 1.07. The first-order valence-electron chi connectivity index (χ1n) is 8.23. The van der Waals surface area contributed by atoms with Crippen LogP contribution in [0.2, 0.25) is 0 Å². The van der Waals surface area contributed by atoms with Crippen molar-refractivity contribution in [3.63, 3.8) is 0 Å². The second kappa shape index (κ2) is 6.47. The second-order valence-corrected chi connectivity index (χ2v) is 6.16. The first kappa shape index (κ1) is 16.6. The van der Waals surface area contributed by atoms with Crippen molar-refractivity contribution >= 4 is 22.6 Å².